The van der Waals surface area contributed by atoms with Crippen LogP contribution in [0.2, 0.25) is 0 Å². The number of halogens is 3. The summed E-state index contributed by atoms with van der Waals surface area (Å²) in [7, 11) is 0. The average Bonchev–Trinajstić information content (AvgIpc) is 2.37. The summed E-state index contributed by atoms with van der Waals surface area (Å²) < 4.78 is 38.4. The lowest BCUT2D eigenvalue weighted by Gasteiger charge is -2.37. The molecule has 0 aromatic rings. The van der Waals surface area contributed by atoms with Crippen LogP contribution in [0, 0.1) is 5.92 Å². The molecule has 0 radical (unpaired) electrons. The van der Waals surface area contributed by atoms with Gasteiger partial charge in [0.15, 0.2) is 0 Å². The summed E-state index contributed by atoms with van der Waals surface area (Å²) >= 11 is 0. The highest BCUT2D eigenvalue weighted by Gasteiger charge is 2.55. The molecule has 0 aromatic heterocycles. The van der Waals surface area contributed by atoms with E-state index in [1.165, 1.54) is 18.7 Å². The van der Waals surface area contributed by atoms with Gasteiger partial charge in [0.2, 0.25) is 5.91 Å². The third-order valence-corrected chi connectivity index (χ3v) is 3.38. The van der Waals surface area contributed by atoms with Crippen molar-refractivity contribution in [2.24, 2.45) is 11.7 Å². The van der Waals surface area contributed by atoms with Crippen LogP contribution in [0.1, 0.15) is 33.6 Å². The highest BCUT2D eigenvalue weighted by atomic mass is 19.4. The maximum Gasteiger partial charge on any atom is 0.394 e. The molecule has 2 unspecified atom stereocenters. The fourth-order valence-corrected chi connectivity index (χ4v) is 2.48. The maximum atomic E-state index is 12.8. The first-order valence-corrected chi connectivity index (χ1v) is 5.69. The van der Waals surface area contributed by atoms with Crippen molar-refractivity contribution in [1.29, 1.82) is 0 Å². The first-order chi connectivity index (χ1) is 7.56. The molecule has 0 bridgehead atoms. The van der Waals surface area contributed by atoms with Gasteiger partial charge in [-0.25, -0.2) is 0 Å². The third kappa shape index (κ3) is 2.91. The molecule has 17 heavy (non-hydrogen) atoms. The molecule has 1 aliphatic heterocycles. The van der Waals surface area contributed by atoms with E-state index in [9.17, 15) is 18.0 Å². The Labute approximate surface area is 99.1 Å². The minimum Gasteiger partial charge on any atom is -0.337 e. The summed E-state index contributed by atoms with van der Waals surface area (Å²) in [6.45, 7) is 4.76. The number of likely N-dealkylation sites (tertiary alicyclic amines) is 1. The van der Waals surface area contributed by atoms with E-state index < -0.39 is 17.6 Å². The first-order valence-electron chi connectivity index (χ1n) is 5.69. The van der Waals surface area contributed by atoms with Crippen LogP contribution in [0.15, 0.2) is 0 Å². The van der Waals surface area contributed by atoms with Crippen LogP contribution >= 0.6 is 0 Å². The minimum absolute atomic E-state index is 0.0266. The molecule has 1 aliphatic rings. The zero-order valence-corrected chi connectivity index (χ0v) is 10.3. The molecular formula is C11H19F3N2O. The van der Waals surface area contributed by atoms with Gasteiger partial charge in [0.1, 0.15) is 0 Å². The van der Waals surface area contributed by atoms with Crippen molar-refractivity contribution < 1.29 is 18.0 Å². The number of rotatable bonds is 2. The Morgan fingerprint density at radius 3 is 2.41 bits per heavy atom. The predicted octanol–water partition coefficient (Wildman–Crippen LogP) is 1.91. The van der Waals surface area contributed by atoms with Crippen LogP contribution in [0.3, 0.4) is 0 Å². The van der Waals surface area contributed by atoms with Gasteiger partial charge in [0.05, 0.1) is 5.92 Å². The largest absolute Gasteiger partial charge is 0.394 e. The molecule has 0 saturated carbocycles. The van der Waals surface area contributed by atoms with E-state index in [2.05, 4.69) is 0 Å². The summed E-state index contributed by atoms with van der Waals surface area (Å²) in [5.74, 6) is -1.75. The lowest BCUT2D eigenvalue weighted by molar-refractivity contribution is -0.192. The third-order valence-electron chi connectivity index (χ3n) is 3.38. The van der Waals surface area contributed by atoms with Crippen molar-refractivity contribution in [3.8, 4) is 0 Å². The number of nitrogens with two attached hydrogens (primary N) is 1. The summed E-state index contributed by atoms with van der Waals surface area (Å²) in [4.78, 5) is 13.1. The number of alkyl halides is 3. The maximum absolute atomic E-state index is 12.8. The van der Waals surface area contributed by atoms with Crippen molar-refractivity contribution in [3.63, 3.8) is 0 Å². The monoisotopic (exact) mass is 252 g/mol. The van der Waals surface area contributed by atoms with Crippen molar-refractivity contribution in [2.75, 3.05) is 6.54 Å². The Bertz CT molecular complexity index is 300. The van der Waals surface area contributed by atoms with Crippen LogP contribution in [0.5, 0.6) is 0 Å². The molecule has 1 amide bonds. The molecule has 100 valence electrons. The standard InChI is InChI=1S/C11H19F3N2O/c1-7(15)6-9(17)16-5-4-8(10(16,2)3)11(12,13)14/h7-8H,4-6,15H2,1-3H3. The smallest absolute Gasteiger partial charge is 0.337 e. The zero-order chi connectivity index (χ0) is 13.4. The predicted molar refractivity (Wildman–Crippen MR) is 58.2 cm³/mol. The van der Waals surface area contributed by atoms with Gasteiger partial charge in [0, 0.05) is 24.5 Å². The summed E-state index contributed by atoms with van der Waals surface area (Å²) in [6, 6.07) is -0.330. The highest BCUT2D eigenvalue weighted by molar-refractivity contribution is 5.78. The molecule has 1 saturated heterocycles. The van der Waals surface area contributed by atoms with Crippen LogP contribution in [-0.2, 0) is 4.79 Å². The summed E-state index contributed by atoms with van der Waals surface area (Å²) in [5, 5.41) is 0. The number of carbonyl (C=O) groups excluding carboxylic acids is 1. The summed E-state index contributed by atoms with van der Waals surface area (Å²) in [5.41, 5.74) is 4.32. The SMILES string of the molecule is CC(N)CC(=O)N1CCC(C(F)(F)F)C1(C)C. The van der Waals surface area contributed by atoms with Crippen molar-refractivity contribution in [1.82, 2.24) is 4.90 Å². The van der Waals surface area contributed by atoms with Gasteiger partial charge in [-0.05, 0) is 27.2 Å². The second kappa shape index (κ2) is 4.48. The van der Waals surface area contributed by atoms with E-state index in [0.717, 1.165) is 0 Å². The molecule has 0 aliphatic carbocycles. The lowest BCUT2D eigenvalue weighted by atomic mass is 9.87. The van der Waals surface area contributed by atoms with E-state index in [1.54, 1.807) is 6.92 Å². The van der Waals surface area contributed by atoms with Crippen molar-refractivity contribution >= 4 is 5.91 Å². The molecule has 1 heterocycles. The molecule has 6 heteroatoms. The van der Waals surface area contributed by atoms with E-state index in [1.807, 2.05) is 0 Å². The van der Waals surface area contributed by atoms with Crippen LogP contribution in [0.4, 0.5) is 13.2 Å². The van der Waals surface area contributed by atoms with E-state index in [4.69, 9.17) is 5.73 Å². The van der Waals surface area contributed by atoms with E-state index in [-0.39, 0.29) is 31.3 Å². The van der Waals surface area contributed by atoms with Crippen LogP contribution in [-0.4, -0.2) is 35.1 Å². The van der Waals surface area contributed by atoms with Gasteiger partial charge in [-0.1, -0.05) is 0 Å². The Balaban J connectivity index is 2.83. The van der Waals surface area contributed by atoms with Crippen LogP contribution < -0.4 is 5.73 Å². The number of carbonyl (C=O) groups is 1. The van der Waals surface area contributed by atoms with E-state index >= 15 is 0 Å². The van der Waals surface area contributed by atoms with Gasteiger partial charge in [-0.15, -0.1) is 0 Å². The Morgan fingerprint density at radius 2 is 2.06 bits per heavy atom. The van der Waals surface area contributed by atoms with Gasteiger partial charge in [-0.3, -0.25) is 4.79 Å². The number of hydrogen-bond donors (Lipinski definition) is 1. The highest BCUT2D eigenvalue weighted by Crippen LogP contribution is 2.44. The first kappa shape index (κ1) is 14.3. The van der Waals surface area contributed by atoms with Gasteiger partial charge >= 0.3 is 6.18 Å². The quantitative estimate of drug-likeness (QED) is 0.816. The van der Waals surface area contributed by atoms with Gasteiger partial charge < -0.3 is 10.6 Å². The molecule has 2 N–H and O–H groups in total. The van der Waals surface area contributed by atoms with Crippen molar-refractivity contribution in [3.05, 3.63) is 0 Å². The van der Waals surface area contributed by atoms with E-state index in [0.29, 0.717) is 0 Å². The van der Waals surface area contributed by atoms with Gasteiger partial charge in [0.25, 0.3) is 0 Å². The number of nitrogens with zero attached hydrogens (tertiary/aromatic N) is 1. The number of amides is 1. The molecule has 0 aromatic carbocycles. The molecule has 2 atom stereocenters. The summed E-state index contributed by atoms with van der Waals surface area (Å²) in [6.07, 6.45) is -4.19. The fourth-order valence-electron chi connectivity index (χ4n) is 2.48. The molecular weight excluding hydrogens is 233 g/mol. The zero-order valence-electron chi connectivity index (χ0n) is 10.3. The Kier molecular flexibility index (Phi) is 3.76. The Morgan fingerprint density at radius 1 is 1.53 bits per heavy atom. The normalized spacial score (nSPS) is 26.1. The average molecular weight is 252 g/mol. The molecule has 0 spiro atoms. The molecule has 1 rings (SSSR count). The molecule has 1 fully saturated rings. The van der Waals surface area contributed by atoms with Crippen LogP contribution in [0.25, 0.3) is 0 Å². The second-order valence-electron chi connectivity index (χ2n) is 5.26. The van der Waals surface area contributed by atoms with Gasteiger partial charge in [-0.2, -0.15) is 13.2 Å². The number of hydrogen-bond acceptors (Lipinski definition) is 2. The minimum atomic E-state index is -4.26. The lowest BCUT2D eigenvalue weighted by Crippen LogP contribution is -2.50. The fraction of sp³-hybridized carbons (Fsp3) is 0.909. The second-order valence-corrected chi connectivity index (χ2v) is 5.26. The Hall–Kier alpha value is -0.780. The topological polar surface area (TPSA) is 46.3 Å². The van der Waals surface area contributed by atoms with Crippen molar-refractivity contribution in [2.45, 2.75) is 51.4 Å². The molecule has 3 nitrogen and oxygen atoms in total.